The molecule has 1 unspecified atom stereocenters. The fourth-order valence-corrected chi connectivity index (χ4v) is 2.11. The van der Waals surface area contributed by atoms with E-state index >= 15 is 0 Å². The highest BCUT2D eigenvalue weighted by Gasteiger charge is 2.14. The van der Waals surface area contributed by atoms with Crippen molar-refractivity contribution in [3.8, 4) is 0 Å². The minimum atomic E-state index is -0.162. The number of halogens is 1. The van der Waals surface area contributed by atoms with Gasteiger partial charge >= 0.3 is 0 Å². The molecular formula is C15H14BrNO. The van der Waals surface area contributed by atoms with Crippen molar-refractivity contribution in [1.29, 1.82) is 0 Å². The summed E-state index contributed by atoms with van der Waals surface area (Å²) in [5.74, 6) is -0.163. The first-order chi connectivity index (χ1) is 8.66. The molecule has 0 aliphatic rings. The predicted octanol–water partition coefficient (Wildman–Crippen LogP) is 4.19. The van der Waals surface area contributed by atoms with E-state index in [1.165, 1.54) is 0 Å². The number of benzene rings is 2. The van der Waals surface area contributed by atoms with Gasteiger partial charge in [0.1, 0.15) is 0 Å². The molecule has 1 N–H and O–H groups in total. The summed E-state index contributed by atoms with van der Waals surface area (Å²) in [7, 11) is 0. The highest BCUT2D eigenvalue weighted by atomic mass is 79.9. The molecule has 3 heteroatoms. The molecule has 0 aliphatic heterocycles. The van der Waals surface area contributed by atoms with E-state index in [0.717, 1.165) is 15.7 Å². The second-order valence-corrected chi connectivity index (χ2v) is 5.05. The highest BCUT2D eigenvalue weighted by Crippen LogP contribution is 2.19. The Morgan fingerprint density at radius 2 is 1.83 bits per heavy atom. The molecule has 1 atom stereocenters. The summed E-state index contributed by atoms with van der Waals surface area (Å²) >= 11 is 3.38. The molecule has 0 heterocycles. The van der Waals surface area contributed by atoms with Crippen molar-refractivity contribution in [2.75, 3.05) is 5.32 Å². The van der Waals surface area contributed by atoms with E-state index in [9.17, 15) is 4.79 Å². The first kappa shape index (κ1) is 12.8. The zero-order chi connectivity index (χ0) is 13.0. The van der Waals surface area contributed by atoms with Crippen LogP contribution in [0.25, 0.3) is 0 Å². The normalized spacial score (nSPS) is 11.9. The van der Waals surface area contributed by atoms with Crippen molar-refractivity contribution in [3.63, 3.8) is 0 Å². The lowest BCUT2D eigenvalue weighted by Gasteiger charge is -2.12. The summed E-state index contributed by atoms with van der Waals surface area (Å²) < 4.78 is 0.952. The topological polar surface area (TPSA) is 29.1 Å². The molecular weight excluding hydrogens is 290 g/mol. The molecule has 92 valence electrons. The van der Waals surface area contributed by atoms with Gasteiger partial charge in [-0.2, -0.15) is 0 Å². The number of hydrogen-bond donors (Lipinski definition) is 1. The minimum absolute atomic E-state index is 0.000648. The molecule has 0 fully saturated rings. The van der Waals surface area contributed by atoms with E-state index in [1.54, 1.807) is 0 Å². The first-order valence-electron chi connectivity index (χ1n) is 5.78. The van der Waals surface area contributed by atoms with Gasteiger partial charge in [0.25, 0.3) is 0 Å². The van der Waals surface area contributed by atoms with Crippen molar-refractivity contribution in [3.05, 3.63) is 64.6 Å². The summed E-state index contributed by atoms with van der Waals surface area (Å²) in [5, 5.41) is 2.91. The number of carbonyl (C=O) groups is 1. The summed E-state index contributed by atoms with van der Waals surface area (Å²) in [6, 6.07) is 17.3. The van der Waals surface area contributed by atoms with Crippen molar-refractivity contribution >= 4 is 27.5 Å². The minimum Gasteiger partial charge on any atom is -0.326 e. The number of amides is 1. The van der Waals surface area contributed by atoms with Crippen LogP contribution in [0.2, 0.25) is 0 Å². The molecule has 2 nitrogen and oxygen atoms in total. The van der Waals surface area contributed by atoms with Crippen molar-refractivity contribution in [2.24, 2.45) is 0 Å². The van der Waals surface area contributed by atoms with E-state index in [-0.39, 0.29) is 11.8 Å². The number of rotatable bonds is 3. The number of nitrogens with one attached hydrogen (secondary N) is 1. The van der Waals surface area contributed by atoms with Crippen LogP contribution < -0.4 is 5.32 Å². The van der Waals surface area contributed by atoms with Crippen LogP contribution in [-0.2, 0) is 4.79 Å². The second-order valence-electron chi connectivity index (χ2n) is 4.13. The van der Waals surface area contributed by atoms with Gasteiger partial charge in [0.2, 0.25) is 5.91 Å². The van der Waals surface area contributed by atoms with Crippen LogP contribution >= 0.6 is 15.9 Å². The summed E-state index contributed by atoms with van der Waals surface area (Å²) in [6.07, 6.45) is 0. The van der Waals surface area contributed by atoms with Gasteiger partial charge in [0.05, 0.1) is 5.92 Å². The molecule has 0 radical (unpaired) electrons. The van der Waals surface area contributed by atoms with Crippen LogP contribution in [0.1, 0.15) is 18.4 Å². The zero-order valence-corrected chi connectivity index (χ0v) is 11.6. The maximum atomic E-state index is 12.1. The lowest BCUT2D eigenvalue weighted by Crippen LogP contribution is -2.18. The van der Waals surface area contributed by atoms with Crippen LogP contribution in [-0.4, -0.2) is 5.91 Å². The van der Waals surface area contributed by atoms with Gasteiger partial charge in [0, 0.05) is 10.2 Å². The lowest BCUT2D eigenvalue weighted by molar-refractivity contribution is -0.117. The maximum absolute atomic E-state index is 12.1. The Morgan fingerprint density at radius 1 is 1.11 bits per heavy atom. The number of carbonyl (C=O) groups excluding carboxylic acids is 1. The van der Waals surface area contributed by atoms with Crippen molar-refractivity contribution in [1.82, 2.24) is 0 Å². The molecule has 0 bridgehead atoms. The molecule has 2 aromatic carbocycles. The monoisotopic (exact) mass is 303 g/mol. The van der Waals surface area contributed by atoms with Gasteiger partial charge in [-0.25, -0.2) is 0 Å². The van der Waals surface area contributed by atoms with Crippen LogP contribution in [0.3, 0.4) is 0 Å². The Kier molecular flexibility index (Phi) is 4.15. The van der Waals surface area contributed by atoms with Gasteiger partial charge in [0.15, 0.2) is 0 Å². The second kappa shape index (κ2) is 5.83. The fraction of sp³-hybridized carbons (Fsp3) is 0.133. The molecule has 0 spiro atoms. The summed E-state index contributed by atoms with van der Waals surface area (Å²) in [4.78, 5) is 12.1. The Balaban J connectivity index is 2.09. The zero-order valence-electron chi connectivity index (χ0n) is 10.1. The molecule has 1 amide bonds. The SMILES string of the molecule is CC(C(=O)Nc1cccc(Br)c1)c1ccccc1. The molecule has 0 aromatic heterocycles. The number of anilines is 1. The highest BCUT2D eigenvalue weighted by molar-refractivity contribution is 9.10. The maximum Gasteiger partial charge on any atom is 0.231 e. The molecule has 0 aliphatic carbocycles. The van der Waals surface area contributed by atoms with Gasteiger partial charge in [-0.1, -0.05) is 52.3 Å². The lowest BCUT2D eigenvalue weighted by atomic mass is 10.0. The third kappa shape index (κ3) is 3.20. The Morgan fingerprint density at radius 3 is 2.50 bits per heavy atom. The van der Waals surface area contributed by atoms with E-state index in [2.05, 4.69) is 21.2 Å². The van der Waals surface area contributed by atoms with E-state index in [1.807, 2.05) is 61.5 Å². The van der Waals surface area contributed by atoms with Crippen molar-refractivity contribution < 1.29 is 4.79 Å². The van der Waals surface area contributed by atoms with E-state index in [0.29, 0.717) is 0 Å². The molecule has 0 saturated heterocycles. The van der Waals surface area contributed by atoms with E-state index < -0.39 is 0 Å². The third-order valence-electron chi connectivity index (χ3n) is 2.79. The Bertz CT molecular complexity index is 539. The van der Waals surface area contributed by atoms with Crippen LogP contribution in [0.4, 0.5) is 5.69 Å². The Hall–Kier alpha value is -1.61. The largest absolute Gasteiger partial charge is 0.326 e. The number of hydrogen-bond acceptors (Lipinski definition) is 1. The van der Waals surface area contributed by atoms with Crippen LogP contribution in [0.5, 0.6) is 0 Å². The van der Waals surface area contributed by atoms with Crippen molar-refractivity contribution in [2.45, 2.75) is 12.8 Å². The smallest absolute Gasteiger partial charge is 0.231 e. The quantitative estimate of drug-likeness (QED) is 0.905. The third-order valence-corrected chi connectivity index (χ3v) is 3.28. The predicted molar refractivity (Wildman–Crippen MR) is 77.6 cm³/mol. The standard InChI is InChI=1S/C15H14BrNO/c1-11(12-6-3-2-4-7-12)15(18)17-14-9-5-8-13(16)10-14/h2-11H,1H3,(H,17,18). The first-order valence-corrected chi connectivity index (χ1v) is 6.57. The fourth-order valence-electron chi connectivity index (χ4n) is 1.71. The van der Waals surface area contributed by atoms with Crippen LogP contribution in [0, 0.1) is 0 Å². The summed E-state index contributed by atoms with van der Waals surface area (Å²) in [6.45, 7) is 1.91. The van der Waals surface area contributed by atoms with Gasteiger partial charge in [-0.15, -0.1) is 0 Å². The van der Waals surface area contributed by atoms with E-state index in [4.69, 9.17) is 0 Å². The van der Waals surface area contributed by atoms with Gasteiger partial charge in [-0.3, -0.25) is 4.79 Å². The Labute approximate surface area is 115 Å². The summed E-state index contributed by atoms with van der Waals surface area (Å²) in [5.41, 5.74) is 1.82. The molecule has 2 rings (SSSR count). The average molecular weight is 304 g/mol. The van der Waals surface area contributed by atoms with Gasteiger partial charge < -0.3 is 5.32 Å². The average Bonchev–Trinajstić information content (AvgIpc) is 2.39. The van der Waals surface area contributed by atoms with Crippen LogP contribution in [0.15, 0.2) is 59.1 Å². The molecule has 2 aromatic rings. The molecule has 0 saturated carbocycles. The molecule has 18 heavy (non-hydrogen) atoms. The van der Waals surface area contributed by atoms with Gasteiger partial charge in [-0.05, 0) is 30.7 Å².